The second-order valence-corrected chi connectivity index (χ2v) is 9.14. The van der Waals surface area contributed by atoms with Gasteiger partial charge in [-0.15, -0.1) is 0 Å². The normalized spacial score (nSPS) is 21.7. The molecule has 3 aliphatic rings. The number of amides is 2. The molecular weight excluding hydrogens is 447 g/mol. The van der Waals surface area contributed by atoms with Crippen molar-refractivity contribution in [2.75, 3.05) is 56.2 Å². The summed E-state index contributed by atoms with van der Waals surface area (Å²) in [5.41, 5.74) is 0.934. The topological polar surface area (TPSA) is 74.4 Å². The number of piperazine rings is 1. The molecule has 2 amide bonds. The molecule has 1 N–H and O–H groups in total. The van der Waals surface area contributed by atoms with Crippen molar-refractivity contribution in [1.82, 2.24) is 10.2 Å². The summed E-state index contributed by atoms with van der Waals surface area (Å²) in [6, 6.07) is 4.79. The first-order valence-corrected chi connectivity index (χ1v) is 12.0. The van der Waals surface area contributed by atoms with E-state index in [0.29, 0.717) is 50.6 Å². The van der Waals surface area contributed by atoms with Crippen LogP contribution in [-0.2, 0) is 14.3 Å². The standard InChI is InChI=1S/C23H31FN4O4S/c1-31-22(33)25-14-18-15-28(23(30)32-18)17-7-8-20(19(24)13-17)26-9-11-27(12-10-26)21(29)16-5-3-2-4-6-16/h7-8,13,16,18H,2-6,9-12,14-15H2,1H3,(H,25,33)/t18-/m0/s1. The predicted molar refractivity (Wildman–Crippen MR) is 127 cm³/mol. The number of nitrogens with zero attached hydrogens (tertiary/aromatic N) is 3. The van der Waals surface area contributed by atoms with Gasteiger partial charge >= 0.3 is 6.09 Å². The Morgan fingerprint density at radius 1 is 1.21 bits per heavy atom. The van der Waals surface area contributed by atoms with Crippen LogP contribution in [-0.4, -0.2) is 74.6 Å². The van der Waals surface area contributed by atoms with E-state index in [0.717, 1.165) is 25.7 Å². The molecule has 3 fully saturated rings. The maximum Gasteiger partial charge on any atom is 0.414 e. The Kier molecular flexibility index (Phi) is 7.52. The summed E-state index contributed by atoms with van der Waals surface area (Å²) >= 11 is 4.93. The molecule has 1 aromatic carbocycles. The van der Waals surface area contributed by atoms with Gasteiger partial charge in [-0.1, -0.05) is 19.3 Å². The molecule has 0 aromatic heterocycles. The van der Waals surface area contributed by atoms with Crippen molar-refractivity contribution in [3.63, 3.8) is 0 Å². The van der Waals surface area contributed by atoms with Crippen LogP contribution in [0, 0.1) is 11.7 Å². The van der Waals surface area contributed by atoms with Crippen LogP contribution in [0.25, 0.3) is 0 Å². The number of hydrogen-bond acceptors (Lipinski definition) is 6. The highest BCUT2D eigenvalue weighted by Crippen LogP contribution is 2.30. The number of halogens is 1. The van der Waals surface area contributed by atoms with Crippen LogP contribution in [0.5, 0.6) is 0 Å². The highest BCUT2D eigenvalue weighted by Gasteiger charge is 2.33. The number of cyclic esters (lactones) is 1. The summed E-state index contributed by atoms with van der Waals surface area (Å²) < 4.78 is 25.2. The zero-order valence-corrected chi connectivity index (χ0v) is 19.7. The van der Waals surface area contributed by atoms with Gasteiger partial charge in [0.15, 0.2) is 0 Å². The third kappa shape index (κ3) is 5.48. The number of nitrogens with one attached hydrogen (secondary N) is 1. The van der Waals surface area contributed by atoms with E-state index < -0.39 is 18.0 Å². The number of benzene rings is 1. The summed E-state index contributed by atoms with van der Waals surface area (Å²) in [4.78, 5) is 30.4. The lowest BCUT2D eigenvalue weighted by atomic mass is 9.88. The van der Waals surface area contributed by atoms with E-state index in [-0.39, 0.29) is 17.0 Å². The van der Waals surface area contributed by atoms with Gasteiger partial charge in [0.25, 0.3) is 5.17 Å². The van der Waals surface area contributed by atoms with Crippen molar-refractivity contribution in [3.8, 4) is 0 Å². The number of ether oxygens (including phenoxy) is 2. The van der Waals surface area contributed by atoms with Gasteiger partial charge < -0.3 is 24.6 Å². The minimum Gasteiger partial charge on any atom is -0.474 e. The fourth-order valence-electron chi connectivity index (χ4n) is 4.80. The average Bonchev–Trinajstić information content (AvgIpc) is 3.23. The molecule has 10 heteroatoms. The van der Waals surface area contributed by atoms with Gasteiger partial charge in [-0.05, 0) is 43.3 Å². The van der Waals surface area contributed by atoms with Crippen molar-refractivity contribution < 1.29 is 23.5 Å². The van der Waals surface area contributed by atoms with Crippen LogP contribution >= 0.6 is 12.2 Å². The maximum atomic E-state index is 15.0. The molecule has 0 unspecified atom stereocenters. The molecule has 0 spiro atoms. The Balaban J connectivity index is 1.33. The molecular formula is C23H31FN4O4S. The van der Waals surface area contributed by atoms with E-state index in [1.54, 1.807) is 12.1 Å². The molecule has 1 saturated carbocycles. The molecule has 180 valence electrons. The molecule has 1 atom stereocenters. The maximum absolute atomic E-state index is 15.0. The van der Waals surface area contributed by atoms with Crippen LogP contribution < -0.4 is 15.1 Å². The van der Waals surface area contributed by atoms with E-state index in [9.17, 15) is 9.59 Å². The Labute approximate surface area is 199 Å². The quantitative estimate of drug-likeness (QED) is 0.653. The van der Waals surface area contributed by atoms with Crippen molar-refractivity contribution in [3.05, 3.63) is 24.0 Å². The first-order valence-electron chi connectivity index (χ1n) is 11.6. The molecule has 33 heavy (non-hydrogen) atoms. The van der Waals surface area contributed by atoms with Crippen molar-refractivity contribution in [1.29, 1.82) is 0 Å². The first-order chi connectivity index (χ1) is 16.0. The van der Waals surface area contributed by atoms with Crippen LogP contribution in [0.1, 0.15) is 32.1 Å². The summed E-state index contributed by atoms with van der Waals surface area (Å²) in [5, 5.41) is 3.08. The number of rotatable bonds is 5. The zero-order valence-electron chi connectivity index (χ0n) is 18.9. The number of carbonyl (C=O) groups is 2. The van der Waals surface area contributed by atoms with E-state index in [1.165, 1.54) is 24.5 Å². The largest absolute Gasteiger partial charge is 0.474 e. The predicted octanol–water partition coefficient (Wildman–Crippen LogP) is 2.90. The highest BCUT2D eigenvalue weighted by atomic mass is 32.1. The Hall–Kier alpha value is -2.62. The minimum absolute atomic E-state index is 0.158. The van der Waals surface area contributed by atoms with Crippen LogP contribution in [0.15, 0.2) is 18.2 Å². The summed E-state index contributed by atoms with van der Waals surface area (Å²) in [7, 11) is 1.46. The first kappa shape index (κ1) is 23.5. The van der Waals surface area contributed by atoms with E-state index in [2.05, 4.69) is 5.32 Å². The summed E-state index contributed by atoms with van der Waals surface area (Å²) in [6.07, 6.45) is 4.54. The molecule has 1 aliphatic carbocycles. The second kappa shape index (κ2) is 10.5. The van der Waals surface area contributed by atoms with Gasteiger partial charge in [0, 0.05) is 32.1 Å². The number of carbonyl (C=O) groups excluding carboxylic acids is 2. The van der Waals surface area contributed by atoms with Gasteiger partial charge in [-0.2, -0.15) is 0 Å². The lowest BCUT2D eigenvalue weighted by molar-refractivity contribution is -0.136. The molecule has 4 rings (SSSR count). The molecule has 0 radical (unpaired) electrons. The zero-order chi connectivity index (χ0) is 23.4. The van der Waals surface area contributed by atoms with E-state index >= 15 is 4.39 Å². The van der Waals surface area contributed by atoms with Gasteiger partial charge in [0.1, 0.15) is 11.9 Å². The fraction of sp³-hybridized carbons (Fsp3) is 0.609. The molecule has 1 aromatic rings. The van der Waals surface area contributed by atoms with E-state index in [1.807, 2.05) is 9.80 Å². The highest BCUT2D eigenvalue weighted by molar-refractivity contribution is 7.80. The average molecular weight is 479 g/mol. The van der Waals surface area contributed by atoms with Crippen molar-refractivity contribution in [2.24, 2.45) is 5.92 Å². The smallest absolute Gasteiger partial charge is 0.414 e. The van der Waals surface area contributed by atoms with Crippen molar-refractivity contribution in [2.45, 2.75) is 38.2 Å². The number of thiocarbonyl (C=S) groups is 1. The molecule has 2 aliphatic heterocycles. The van der Waals surface area contributed by atoms with Crippen LogP contribution in [0.2, 0.25) is 0 Å². The van der Waals surface area contributed by atoms with E-state index in [4.69, 9.17) is 21.7 Å². The number of methoxy groups -OCH3 is 1. The Morgan fingerprint density at radius 2 is 1.94 bits per heavy atom. The summed E-state index contributed by atoms with van der Waals surface area (Å²) in [5.74, 6) is 0.0214. The van der Waals surface area contributed by atoms with Crippen molar-refractivity contribution >= 4 is 40.8 Å². The minimum atomic E-state index is -0.521. The van der Waals surface area contributed by atoms with Gasteiger partial charge in [0.05, 0.1) is 31.6 Å². The Bertz CT molecular complexity index is 887. The van der Waals surface area contributed by atoms with Crippen LogP contribution in [0.4, 0.5) is 20.6 Å². The fourth-order valence-corrected chi connectivity index (χ4v) is 4.89. The monoisotopic (exact) mass is 478 g/mol. The number of anilines is 2. The lowest BCUT2D eigenvalue weighted by Gasteiger charge is -2.38. The summed E-state index contributed by atoms with van der Waals surface area (Å²) in [6.45, 7) is 3.00. The third-order valence-corrected chi connectivity index (χ3v) is 6.97. The molecule has 0 bridgehead atoms. The SMILES string of the molecule is COC(=S)NC[C@H]1CN(c2ccc(N3CCN(C(=O)C4CCCCC4)CC3)c(F)c2)C(=O)O1. The van der Waals surface area contributed by atoms with Gasteiger partial charge in [-0.3, -0.25) is 9.69 Å². The molecule has 8 nitrogen and oxygen atoms in total. The lowest BCUT2D eigenvalue weighted by Crippen LogP contribution is -2.50. The molecule has 2 heterocycles. The number of hydrogen-bond donors (Lipinski definition) is 1. The second-order valence-electron chi connectivity index (χ2n) is 8.77. The Morgan fingerprint density at radius 3 is 2.61 bits per heavy atom. The molecule has 2 saturated heterocycles. The van der Waals surface area contributed by atoms with Gasteiger partial charge in [-0.25, -0.2) is 9.18 Å². The van der Waals surface area contributed by atoms with Crippen LogP contribution in [0.3, 0.4) is 0 Å². The third-order valence-electron chi connectivity index (χ3n) is 6.66. The van der Waals surface area contributed by atoms with Gasteiger partial charge in [0.2, 0.25) is 5.91 Å².